The van der Waals surface area contributed by atoms with E-state index in [1.165, 1.54) is 17.1 Å². The summed E-state index contributed by atoms with van der Waals surface area (Å²) < 4.78 is 13.4. The molecule has 0 fully saturated rings. The van der Waals surface area contributed by atoms with E-state index in [-0.39, 0.29) is 6.42 Å². The molecule has 1 aromatic heterocycles. The molecule has 0 aliphatic rings. The second kappa shape index (κ2) is 3.99. The van der Waals surface area contributed by atoms with Gasteiger partial charge in [-0.05, 0) is 0 Å². The van der Waals surface area contributed by atoms with Crippen molar-refractivity contribution in [3.05, 3.63) is 18.2 Å². The van der Waals surface area contributed by atoms with E-state index in [0.29, 0.717) is 5.69 Å². The number of hydrogen-bond donors (Lipinski definition) is 2. The molecule has 0 unspecified atom stereocenters. The Bertz CT molecular complexity index is 300. The van der Waals surface area contributed by atoms with Gasteiger partial charge in [0, 0.05) is 18.3 Å². The molecule has 1 aromatic rings. The van der Waals surface area contributed by atoms with Crippen LogP contribution in [0.25, 0.3) is 0 Å². The van der Waals surface area contributed by atoms with Crippen LogP contribution >= 0.6 is 0 Å². The first kappa shape index (κ1) is 9.66. The molecule has 0 amide bonds. The van der Waals surface area contributed by atoms with Crippen LogP contribution in [0.2, 0.25) is 0 Å². The number of aliphatic carboxylic acids is 1. The highest BCUT2D eigenvalue weighted by Gasteiger charge is 2.14. The van der Waals surface area contributed by atoms with Crippen molar-refractivity contribution in [2.24, 2.45) is 5.73 Å². The molecule has 3 N–H and O–H groups in total. The Balaban J connectivity index is 2.68. The van der Waals surface area contributed by atoms with Crippen molar-refractivity contribution in [1.82, 2.24) is 9.55 Å². The first-order chi connectivity index (χ1) is 6.15. The molecule has 5 nitrogen and oxygen atoms in total. The zero-order valence-corrected chi connectivity index (χ0v) is 6.85. The summed E-state index contributed by atoms with van der Waals surface area (Å²) in [5, 5.41) is 8.50. The molecule has 6 heteroatoms. The standard InChI is InChI=1S/C7H10FN3O2/c8-3-11-4-10-2-5(11)1-6(9)7(12)13/h2,4,6H,1,3,9H2,(H,12,13)/t6-/m0/s1. The van der Waals surface area contributed by atoms with Crippen LogP contribution in [0.5, 0.6) is 0 Å². The average molecular weight is 187 g/mol. The number of carboxylic acids is 1. The minimum Gasteiger partial charge on any atom is -0.480 e. The van der Waals surface area contributed by atoms with Gasteiger partial charge in [0.05, 0.1) is 6.33 Å². The van der Waals surface area contributed by atoms with E-state index >= 15 is 0 Å². The zero-order chi connectivity index (χ0) is 9.84. The van der Waals surface area contributed by atoms with Crippen LogP contribution < -0.4 is 5.73 Å². The fraction of sp³-hybridized carbons (Fsp3) is 0.429. The quantitative estimate of drug-likeness (QED) is 0.681. The van der Waals surface area contributed by atoms with E-state index in [0.717, 1.165) is 0 Å². The van der Waals surface area contributed by atoms with Gasteiger partial charge in [-0.2, -0.15) is 0 Å². The van der Waals surface area contributed by atoms with E-state index in [1.807, 2.05) is 0 Å². The van der Waals surface area contributed by atoms with Gasteiger partial charge in [0.15, 0.2) is 6.80 Å². The molecule has 1 rings (SSSR count). The van der Waals surface area contributed by atoms with Gasteiger partial charge in [-0.25, -0.2) is 9.37 Å². The third kappa shape index (κ3) is 2.25. The summed E-state index contributed by atoms with van der Waals surface area (Å²) in [7, 11) is 0. The van der Waals surface area contributed by atoms with Crippen molar-refractivity contribution < 1.29 is 14.3 Å². The number of halogens is 1. The lowest BCUT2D eigenvalue weighted by atomic mass is 10.2. The highest BCUT2D eigenvalue weighted by molar-refractivity contribution is 5.73. The summed E-state index contributed by atoms with van der Waals surface area (Å²) in [6.07, 6.45) is 2.78. The van der Waals surface area contributed by atoms with Gasteiger partial charge in [0.25, 0.3) is 0 Å². The van der Waals surface area contributed by atoms with Crippen molar-refractivity contribution in [1.29, 1.82) is 0 Å². The molecule has 0 saturated heterocycles. The summed E-state index contributed by atoms with van der Waals surface area (Å²) in [6.45, 7) is -0.721. The molecule has 0 bridgehead atoms. The molecule has 13 heavy (non-hydrogen) atoms. The first-order valence-corrected chi connectivity index (χ1v) is 3.68. The monoisotopic (exact) mass is 187 g/mol. The Labute approximate surface area is 74.0 Å². The predicted molar refractivity (Wildman–Crippen MR) is 42.7 cm³/mol. The summed E-state index contributed by atoms with van der Waals surface area (Å²) in [4.78, 5) is 14.1. The van der Waals surface area contributed by atoms with Crippen molar-refractivity contribution in [2.75, 3.05) is 0 Å². The third-order valence-electron chi connectivity index (χ3n) is 1.67. The molecule has 0 aliphatic heterocycles. The molecule has 0 saturated carbocycles. The maximum absolute atomic E-state index is 12.2. The number of alkyl halides is 1. The van der Waals surface area contributed by atoms with Crippen LogP contribution in [0.1, 0.15) is 5.69 Å². The molecular formula is C7H10FN3O2. The number of aromatic nitrogens is 2. The maximum Gasteiger partial charge on any atom is 0.320 e. The van der Waals surface area contributed by atoms with Gasteiger partial charge < -0.3 is 15.4 Å². The average Bonchev–Trinajstić information content (AvgIpc) is 2.51. The number of carboxylic acid groups (broad SMARTS) is 1. The van der Waals surface area contributed by atoms with Crippen LogP contribution in [0.3, 0.4) is 0 Å². The topological polar surface area (TPSA) is 81.1 Å². The predicted octanol–water partition coefficient (Wildman–Crippen LogP) is -0.236. The van der Waals surface area contributed by atoms with Crippen molar-refractivity contribution in [2.45, 2.75) is 19.3 Å². The minimum absolute atomic E-state index is 0.0826. The lowest BCUT2D eigenvalue weighted by molar-refractivity contribution is -0.138. The lowest BCUT2D eigenvalue weighted by Crippen LogP contribution is -2.32. The fourth-order valence-electron chi connectivity index (χ4n) is 0.938. The fourth-order valence-corrected chi connectivity index (χ4v) is 0.938. The molecule has 0 radical (unpaired) electrons. The summed E-state index contributed by atoms with van der Waals surface area (Å²) in [6, 6.07) is -1.01. The number of carbonyl (C=O) groups is 1. The summed E-state index contributed by atoms with van der Waals surface area (Å²) in [5.41, 5.74) is 5.75. The summed E-state index contributed by atoms with van der Waals surface area (Å²) in [5.74, 6) is -1.10. The lowest BCUT2D eigenvalue weighted by Gasteiger charge is -2.06. The van der Waals surface area contributed by atoms with Crippen molar-refractivity contribution >= 4 is 5.97 Å². The van der Waals surface area contributed by atoms with Gasteiger partial charge in [-0.1, -0.05) is 0 Å². The highest BCUT2D eigenvalue weighted by atomic mass is 19.1. The Hall–Kier alpha value is -1.43. The first-order valence-electron chi connectivity index (χ1n) is 3.68. The van der Waals surface area contributed by atoms with E-state index in [9.17, 15) is 9.18 Å². The third-order valence-corrected chi connectivity index (χ3v) is 1.67. The SMILES string of the molecule is N[C@@H](Cc1cncn1CF)C(=O)O. The number of nitrogens with two attached hydrogens (primary N) is 1. The van der Waals surface area contributed by atoms with Crippen LogP contribution in [0.15, 0.2) is 12.5 Å². The van der Waals surface area contributed by atoms with Crippen molar-refractivity contribution in [3.8, 4) is 0 Å². The van der Waals surface area contributed by atoms with Crippen LogP contribution in [-0.4, -0.2) is 26.7 Å². The Morgan fingerprint density at radius 3 is 3.08 bits per heavy atom. The smallest absolute Gasteiger partial charge is 0.320 e. The molecule has 0 aromatic carbocycles. The van der Waals surface area contributed by atoms with Crippen molar-refractivity contribution in [3.63, 3.8) is 0 Å². The van der Waals surface area contributed by atoms with E-state index in [1.54, 1.807) is 0 Å². The zero-order valence-electron chi connectivity index (χ0n) is 6.85. The molecule has 0 aliphatic carbocycles. The Kier molecular flexibility index (Phi) is 2.97. The number of nitrogens with zero attached hydrogens (tertiary/aromatic N) is 2. The second-order valence-electron chi connectivity index (χ2n) is 2.62. The minimum atomic E-state index is -1.10. The second-order valence-corrected chi connectivity index (χ2v) is 2.62. The van der Waals surface area contributed by atoms with Crippen LogP contribution in [0.4, 0.5) is 4.39 Å². The normalized spacial score (nSPS) is 12.8. The van der Waals surface area contributed by atoms with Crippen LogP contribution in [0, 0.1) is 0 Å². The number of hydrogen-bond acceptors (Lipinski definition) is 3. The van der Waals surface area contributed by atoms with Gasteiger partial charge in [0.1, 0.15) is 6.04 Å². The largest absolute Gasteiger partial charge is 0.480 e. The van der Waals surface area contributed by atoms with Gasteiger partial charge in [-0.3, -0.25) is 4.79 Å². The number of rotatable bonds is 4. The molecular weight excluding hydrogens is 177 g/mol. The maximum atomic E-state index is 12.2. The Morgan fingerprint density at radius 1 is 1.85 bits per heavy atom. The summed E-state index contributed by atoms with van der Waals surface area (Å²) >= 11 is 0. The van der Waals surface area contributed by atoms with E-state index in [4.69, 9.17) is 10.8 Å². The Morgan fingerprint density at radius 2 is 2.54 bits per heavy atom. The van der Waals surface area contributed by atoms with Gasteiger partial charge >= 0.3 is 5.97 Å². The van der Waals surface area contributed by atoms with E-state index in [2.05, 4.69) is 4.98 Å². The molecule has 1 heterocycles. The van der Waals surface area contributed by atoms with Gasteiger partial charge in [0.2, 0.25) is 0 Å². The number of imidazole rings is 1. The molecule has 1 atom stereocenters. The van der Waals surface area contributed by atoms with Gasteiger partial charge in [-0.15, -0.1) is 0 Å². The van der Waals surface area contributed by atoms with E-state index < -0.39 is 18.8 Å². The molecule has 72 valence electrons. The van der Waals surface area contributed by atoms with Crippen LogP contribution in [-0.2, 0) is 18.0 Å². The molecule has 0 spiro atoms. The highest BCUT2D eigenvalue weighted by Crippen LogP contribution is 2.02.